The van der Waals surface area contributed by atoms with E-state index in [9.17, 15) is 4.79 Å². The lowest BCUT2D eigenvalue weighted by molar-refractivity contribution is -0.115. The van der Waals surface area contributed by atoms with E-state index in [1.54, 1.807) is 0 Å². The van der Waals surface area contributed by atoms with Crippen molar-refractivity contribution in [1.82, 2.24) is 10.2 Å². The molecule has 0 spiro atoms. The molecule has 1 heterocycles. The van der Waals surface area contributed by atoms with Crippen LogP contribution in [0.25, 0.3) is 0 Å². The summed E-state index contributed by atoms with van der Waals surface area (Å²) < 4.78 is 0.797. The van der Waals surface area contributed by atoms with Gasteiger partial charge >= 0.3 is 0 Å². The molecule has 2 rings (SSSR count). The highest BCUT2D eigenvalue weighted by atomic mass is 32.2. The number of anilines is 2. The lowest BCUT2D eigenvalue weighted by Gasteiger charge is -2.15. The summed E-state index contributed by atoms with van der Waals surface area (Å²) in [6.07, 6.45) is 0. The summed E-state index contributed by atoms with van der Waals surface area (Å²) in [5, 5.41) is 15.1. The summed E-state index contributed by atoms with van der Waals surface area (Å²) in [4.78, 5) is 12.5. The first-order valence-corrected chi connectivity index (χ1v) is 10.2. The molecule has 5 nitrogen and oxygen atoms in total. The standard InChI is InChI=1S/C18H26N4OS2/c1-11(2)10-19-17-21-22-18(25-17)24-13(5)16(23)20-15-9-7-6-8-14(15)12(3)4/h6-9,11-13H,10H2,1-5H3,(H,19,21)(H,20,23). The molecular weight excluding hydrogens is 352 g/mol. The van der Waals surface area contributed by atoms with Crippen LogP contribution in [-0.4, -0.2) is 27.9 Å². The van der Waals surface area contributed by atoms with Gasteiger partial charge in [-0.05, 0) is 30.4 Å². The number of nitrogens with zero attached hydrogens (tertiary/aromatic N) is 2. The molecule has 0 saturated heterocycles. The maximum Gasteiger partial charge on any atom is 0.237 e. The van der Waals surface area contributed by atoms with Crippen LogP contribution in [0.15, 0.2) is 28.6 Å². The molecule has 1 atom stereocenters. The van der Waals surface area contributed by atoms with Gasteiger partial charge in [0, 0.05) is 12.2 Å². The minimum Gasteiger partial charge on any atom is -0.360 e. The van der Waals surface area contributed by atoms with Gasteiger partial charge in [0.15, 0.2) is 4.34 Å². The highest BCUT2D eigenvalue weighted by Crippen LogP contribution is 2.30. The van der Waals surface area contributed by atoms with Crippen LogP contribution in [0.4, 0.5) is 10.8 Å². The van der Waals surface area contributed by atoms with Crippen molar-refractivity contribution in [2.45, 2.75) is 50.1 Å². The summed E-state index contributed by atoms with van der Waals surface area (Å²) in [5.74, 6) is 0.882. The summed E-state index contributed by atoms with van der Waals surface area (Å²) in [6, 6.07) is 7.94. The molecule has 0 aliphatic carbocycles. The van der Waals surface area contributed by atoms with Gasteiger partial charge < -0.3 is 10.6 Å². The fraction of sp³-hybridized carbons (Fsp3) is 0.500. The van der Waals surface area contributed by atoms with Crippen molar-refractivity contribution in [2.75, 3.05) is 17.2 Å². The molecule has 2 N–H and O–H groups in total. The molecule has 136 valence electrons. The first-order chi connectivity index (χ1) is 11.9. The number of hydrogen-bond donors (Lipinski definition) is 2. The molecule has 1 aromatic carbocycles. The van der Waals surface area contributed by atoms with Gasteiger partial charge in [-0.3, -0.25) is 4.79 Å². The van der Waals surface area contributed by atoms with Crippen LogP contribution in [0.5, 0.6) is 0 Å². The maximum absolute atomic E-state index is 12.5. The topological polar surface area (TPSA) is 66.9 Å². The van der Waals surface area contributed by atoms with Crippen LogP contribution in [0, 0.1) is 5.92 Å². The summed E-state index contributed by atoms with van der Waals surface area (Å²) in [5.41, 5.74) is 2.02. The van der Waals surface area contributed by atoms with Crippen LogP contribution < -0.4 is 10.6 Å². The van der Waals surface area contributed by atoms with E-state index in [4.69, 9.17) is 0 Å². The van der Waals surface area contributed by atoms with Gasteiger partial charge in [0.1, 0.15) is 0 Å². The van der Waals surface area contributed by atoms with E-state index in [0.29, 0.717) is 11.8 Å². The van der Waals surface area contributed by atoms with E-state index >= 15 is 0 Å². The smallest absolute Gasteiger partial charge is 0.237 e. The van der Waals surface area contributed by atoms with Crippen LogP contribution in [0.2, 0.25) is 0 Å². The lowest BCUT2D eigenvalue weighted by atomic mass is 10.0. The van der Waals surface area contributed by atoms with Crippen LogP contribution in [0.3, 0.4) is 0 Å². The average Bonchev–Trinajstić information content (AvgIpc) is 3.00. The second-order valence-corrected chi connectivity index (χ2v) is 9.20. The first-order valence-electron chi connectivity index (χ1n) is 8.50. The number of rotatable bonds is 8. The largest absolute Gasteiger partial charge is 0.360 e. The molecule has 0 aliphatic rings. The highest BCUT2D eigenvalue weighted by Gasteiger charge is 2.18. The zero-order valence-corrected chi connectivity index (χ0v) is 17.0. The van der Waals surface area contributed by atoms with E-state index in [-0.39, 0.29) is 11.2 Å². The number of carbonyl (C=O) groups is 1. The Bertz CT molecular complexity index is 700. The Morgan fingerprint density at radius 2 is 1.88 bits per heavy atom. The highest BCUT2D eigenvalue weighted by molar-refractivity contribution is 8.02. The molecule has 1 aromatic heterocycles. The number of para-hydroxylation sites is 1. The third kappa shape index (κ3) is 6.01. The van der Waals surface area contributed by atoms with Crippen LogP contribution in [-0.2, 0) is 4.79 Å². The second kappa shape index (κ2) is 9.20. The Labute approximate surface area is 158 Å². The van der Waals surface area contributed by atoms with Gasteiger partial charge in [-0.1, -0.05) is 69.0 Å². The monoisotopic (exact) mass is 378 g/mol. The quantitative estimate of drug-likeness (QED) is 0.643. The Hall–Kier alpha value is -1.60. The zero-order valence-electron chi connectivity index (χ0n) is 15.4. The van der Waals surface area contributed by atoms with E-state index in [1.165, 1.54) is 23.1 Å². The Morgan fingerprint density at radius 3 is 2.56 bits per heavy atom. The third-order valence-corrected chi connectivity index (χ3v) is 5.62. The van der Waals surface area contributed by atoms with Gasteiger partial charge in [-0.15, -0.1) is 10.2 Å². The van der Waals surface area contributed by atoms with Gasteiger partial charge in [0.25, 0.3) is 0 Å². The molecule has 1 amide bonds. The van der Waals surface area contributed by atoms with E-state index in [2.05, 4.69) is 54.6 Å². The molecule has 0 fully saturated rings. The van der Waals surface area contributed by atoms with Crippen molar-refractivity contribution >= 4 is 39.8 Å². The molecule has 0 bridgehead atoms. The SMILES string of the molecule is CC(C)CNc1nnc(SC(C)C(=O)Nc2ccccc2C(C)C)s1. The Morgan fingerprint density at radius 1 is 1.16 bits per heavy atom. The number of amides is 1. The maximum atomic E-state index is 12.5. The first kappa shape index (κ1) is 19.7. The van der Waals surface area contributed by atoms with Crippen molar-refractivity contribution in [3.05, 3.63) is 29.8 Å². The molecule has 7 heteroatoms. The van der Waals surface area contributed by atoms with Gasteiger partial charge in [0.05, 0.1) is 5.25 Å². The summed E-state index contributed by atoms with van der Waals surface area (Å²) >= 11 is 2.92. The van der Waals surface area contributed by atoms with E-state index in [1.807, 2.05) is 25.1 Å². The van der Waals surface area contributed by atoms with Crippen molar-refractivity contribution in [2.24, 2.45) is 5.92 Å². The number of nitrogens with one attached hydrogen (secondary N) is 2. The fourth-order valence-corrected chi connectivity index (χ4v) is 4.08. The minimum absolute atomic E-state index is 0.0232. The van der Waals surface area contributed by atoms with Gasteiger partial charge in [0.2, 0.25) is 11.0 Å². The van der Waals surface area contributed by atoms with Crippen molar-refractivity contribution in [3.8, 4) is 0 Å². The third-order valence-electron chi connectivity index (χ3n) is 3.56. The lowest BCUT2D eigenvalue weighted by Crippen LogP contribution is -2.23. The molecule has 0 aliphatic heterocycles. The molecule has 0 radical (unpaired) electrons. The molecule has 2 aromatic rings. The predicted octanol–water partition coefficient (Wildman–Crippen LogP) is 4.85. The average molecular weight is 379 g/mol. The number of carbonyl (C=O) groups excluding carboxylic acids is 1. The Kier molecular flexibility index (Phi) is 7.25. The molecule has 0 saturated carbocycles. The number of aromatic nitrogens is 2. The molecule has 25 heavy (non-hydrogen) atoms. The van der Waals surface area contributed by atoms with Crippen LogP contribution >= 0.6 is 23.1 Å². The molecule has 1 unspecified atom stereocenters. The van der Waals surface area contributed by atoms with E-state index in [0.717, 1.165) is 27.3 Å². The van der Waals surface area contributed by atoms with Gasteiger partial charge in [-0.2, -0.15) is 0 Å². The normalized spacial score (nSPS) is 12.4. The predicted molar refractivity (Wildman–Crippen MR) is 108 cm³/mol. The second-order valence-electron chi connectivity index (χ2n) is 6.64. The van der Waals surface area contributed by atoms with E-state index < -0.39 is 0 Å². The van der Waals surface area contributed by atoms with Crippen molar-refractivity contribution in [3.63, 3.8) is 0 Å². The zero-order chi connectivity index (χ0) is 18.4. The van der Waals surface area contributed by atoms with Crippen molar-refractivity contribution in [1.29, 1.82) is 0 Å². The summed E-state index contributed by atoms with van der Waals surface area (Å²) in [7, 11) is 0. The van der Waals surface area contributed by atoms with Crippen LogP contribution in [0.1, 0.15) is 46.1 Å². The van der Waals surface area contributed by atoms with Gasteiger partial charge in [-0.25, -0.2) is 0 Å². The fourth-order valence-electron chi connectivity index (χ4n) is 2.17. The number of hydrogen-bond acceptors (Lipinski definition) is 6. The number of benzene rings is 1. The number of thioether (sulfide) groups is 1. The minimum atomic E-state index is -0.244. The molecular formula is C18H26N4OS2. The Balaban J connectivity index is 1.95. The van der Waals surface area contributed by atoms with Crippen molar-refractivity contribution < 1.29 is 4.79 Å². The summed E-state index contributed by atoms with van der Waals surface area (Å²) in [6.45, 7) is 11.3.